The summed E-state index contributed by atoms with van der Waals surface area (Å²) >= 11 is 3.48. The van der Waals surface area contributed by atoms with Crippen molar-refractivity contribution in [3.63, 3.8) is 0 Å². The first kappa shape index (κ1) is 11.8. The molecule has 0 aliphatic carbocycles. The molecule has 0 radical (unpaired) electrons. The van der Waals surface area contributed by atoms with Crippen LogP contribution in [0.5, 0.6) is 5.75 Å². The average Bonchev–Trinajstić information content (AvgIpc) is 2.95. The number of aliphatic hydroxyl groups excluding tert-OH is 1. The molecular weight excluding hydrogens is 296 g/mol. The average molecular weight is 309 g/mol. The molecule has 94 valence electrons. The van der Waals surface area contributed by atoms with Gasteiger partial charge in [-0.1, -0.05) is 15.9 Å². The summed E-state index contributed by atoms with van der Waals surface area (Å²) in [6.07, 6.45) is 1.76. The van der Waals surface area contributed by atoms with Crippen molar-refractivity contribution in [1.29, 1.82) is 0 Å². The highest BCUT2D eigenvalue weighted by atomic mass is 79.9. The second-order valence-corrected chi connectivity index (χ2v) is 5.33. The Labute approximate surface area is 114 Å². The summed E-state index contributed by atoms with van der Waals surface area (Å²) in [4.78, 5) is 0. The lowest BCUT2D eigenvalue weighted by Gasteiger charge is -2.14. The number of aliphatic hydroxyl groups is 1. The first-order valence-corrected chi connectivity index (χ1v) is 6.63. The lowest BCUT2D eigenvalue weighted by atomic mass is 9.99. The van der Waals surface area contributed by atoms with E-state index in [9.17, 15) is 5.11 Å². The van der Waals surface area contributed by atoms with Crippen LogP contribution in [0.4, 0.5) is 0 Å². The van der Waals surface area contributed by atoms with Gasteiger partial charge in [-0.25, -0.2) is 0 Å². The third kappa shape index (κ3) is 1.85. The number of hydrogen-bond acceptors (Lipinski definition) is 3. The summed E-state index contributed by atoms with van der Waals surface area (Å²) in [5.41, 5.74) is 2.71. The quantitative estimate of drug-likeness (QED) is 0.925. The van der Waals surface area contributed by atoms with Crippen molar-refractivity contribution in [2.24, 2.45) is 0 Å². The molecule has 3 rings (SSSR count). The van der Waals surface area contributed by atoms with Gasteiger partial charge < -0.3 is 14.3 Å². The van der Waals surface area contributed by atoms with Crippen molar-refractivity contribution in [3.05, 3.63) is 51.4 Å². The maximum Gasteiger partial charge on any atom is 0.128 e. The van der Waals surface area contributed by atoms with Gasteiger partial charge in [-0.15, -0.1) is 0 Å². The molecule has 1 N–H and O–H groups in total. The normalized spacial score (nSPS) is 15.3. The fraction of sp³-hybridized carbons (Fsp3) is 0.286. The molecule has 1 aliphatic heterocycles. The second-order valence-electron chi connectivity index (χ2n) is 4.42. The number of fused-ring (bicyclic) bond motifs is 1. The molecular formula is C14H13BrO3. The van der Waals surface area contributed by atoms with Gasteiger partial charge in [0, 0.05) is 22.0 Å². The summed E-state index contributed by atoms with van der Waals surface area (Å²) < 4.78 is 11.8. The fourth-order valence-corrected chi connectivity index (χ4v) is 2.87. The van der Waals surface area contributed by atoms with E-state index in [1.807, 2.05) is 19.1 Å². The molecule has 1 aromatic heterocycles. The molecule has 0 fully saturated rings. The van der Waals surface area contributed by atoms with E-state index >= 15 is 0 Å². The minimum absolute atomic E-state index is 0.676. The molecule has 4 heteroatoms. The van der Waals surface area contributed by atoms with Crippen molar-refractivity contribution in [3.8, 4) is 5.75 Å². The first-order chi connectivity index (χ1) is 8.66. The van der Waals surface area contributed by atoms with Crippen molar-refractivity contribution in [2.75, 3.05) is 6.61 Å². The Morgan fingerprint density at radius 1 is 1.33 bits per heavy atom. The molecule has 0 saturated carbocycles. The highest BCUT2D eigenvalue weighted by Gasteiger charge is 2.24. The minimum Gasteiger partial charge on any atom is -0.493 e. The van der Waals surface area contributed by atoms with Crippen molar-refractivity contribution in [2.45, 2.75) is 19.4 Å². The van der Waals surface area contributed by atoms with Crippen molar-refractivity contribution >= 4 is 15.9 Å². The highest BCUT2D eigenvalue weighted by Crippen LogP contribution is 2.39. The molecule has 1 aromatic carbocycles. The topological polar surface area (TPSA) is 42.6 Å². The van der Waals surface area contributed by atoms with E-state index in [4.69, 9.17) is 9.15 Å². The number of aryl methyl sites for hydroxylation is 1. The van der Waals surface area contributed by atoms with Crippen LogP contribution in [0, 0.1) is 6.92 Å². The largest absolute Gasteiger partial charge is 0.493 e. The Kier molecular flexibility index (Phi) is 2.92. The second kappa shape index (κ2) is 4.44. The van der Waals surface area contributed by atoms with Crippen molar-refractivity contribution in [1.82, 2.24) is 0 Å². The third-order valence-electron chi connectivity index (χ3n) is 3.27. The lowest BCUT2D eigenvalue weighted by molar-refractivity contribution is 0.211. The van der Waals surface area contributed by atoms with Crippen LogP contribution in [0.2, 0.25) is 0 Å². The zero-order chi connectivity index (χ0) is 12.7. The fourth-order valence-electron chi connectivity index (χ4n) is 2.35. The van der Waals surface area contributed by atoms with Gasteiger partial charge in [-0.05, 0) is 30.7 Å². The monoisotopic (exact) mass is 308 g/mol. The highest BCUT2D eigenvalue weighted by molar-refractivity contribution is 9.10. The van der Waals surface area contributed by atoms with Gasteiger partial charge in [0.2, 0.25) is 0 Å². The Balaban J connectivity index is 2.10. The maximum atomic E-state index is 10.5. The third-order valence-corrected chi connectivity index (χ3v) is 3.72. The van der Waals surface area contributed by atoms with Crippen LogP contribution in [-0.2, 0) is 6.42 Å². The number of benzene rings is 1. The number of rotatable bonds is 2. The van der Waals surface area contributed by atoms with Gasteiger partial charge in [0.1, 0.15) is 17.6 Å². The van der Waals surface area contributed by atoms with Gasteiger partial charge in [-0.3, -0.25) is 0 Å². The molecule has 0 saturated heterocycles. The Morgan fingerprint density at radius 3 is 2.89 bits per heavy atom. The molecule has 0 amide bonds. The first-order valence-electron chi connectivity index (χ1n) is 5.84. The molecule has 0 bridgehead atoms. The van der Waals surface area contributed by atoms with E-state index in [2.05, 4.69) is 15.9 Å². The molecule has 1 aliphatic rings. The molecule has 1 atom stereocenters. The van der Waals surface area contributed by atoms with Crippen LogP contribution in [-0.4, -0.2) is 11.7 Å². The van der Waals surface area contributed by atoms with E-state index in [0.717, 1.165) is 39.1 Å². The Bertz CT molecular complexity index is 589. The van der Waals surface area contributed by atoms with Crippen LogP contribution >= 0.6 is 15.9 Å². The Morgan fingerprint density at radius 2 is 2.17 bits per heavy atom. The van der Waals surface area contributed by atoms with Crippen LogP contribution in [0.25, 0.3) is 0 Å². The molecule has 2 heterocycles. The van der Waals surface area contributed by atoms with Crippen LogP contribution in [0.1, 0.15) is 28.6 Å². The molecule has 1 unspecified atom stereocenters. The summed E-state index contributed by atoms with van der Waals surface area (Å²) in [5, 5.41) is 10.5. The zero-order valence-corrected chi connectivity index (χ0v) is 11.5. The predicted molar refractivity (Wildman–Crippen MR) is 70.8 cm³/mol. The zero-order valence-electron chi connectivity index (χ0n) is 9.94. The molecule has 2 aromatic rings. The van der Waals surface area contributed by atoms with Crippen LogP contribution < -0.4 is 4.74 Å². The lowest BCUT2D eigenvalue weighted by Crippen LogP contribution is -2.02. The van der Waals surface area contributed by atoms with Gasteiger partial charge in [-0.2, -0.15) is 0 Å². The molecule has 3 nitrogen and oxygen atoms in total. The number of ether oxygens (including phenoxy) is 1. The van der Waals surface area contributed by atoms with Crippen LogP contribution in [0.3, 0.4) is 0 Å². The number of furan rings is 1. The van der Waals surface area contributed by atoms with E-state index < -0.39 is 6.10 Å². The summed E-state index contributed by atoms with van der Waals surface area (Å²) in [5.74, 6) is 1.54. The Hall–Kier alpha value is -1.26. The van der Waals surface area contributed by atoms with E-state index in [0.29, 0.717) is 6.61 Å². The van der Waals surface area contributed by atoms with Gasteiger partial charge in [0.05, 0.1) is 12.9 Å². The van der Waals surface area contributed by atoms with E-state index in [-0.39, 0.29) is 0 Å². The number of halogens is 1. The number of hydrogen-bond donors (Lipinski definition) is 1. The minimum atomic E-state index is -0.715. The van der Waals surface area contributed by atoms with Gasteiger partial charge in [0.25, 0.3) is 0 Å². The molecule has 18 heavy (non-hydrogen) atoms. The smallest absolute Gasteiger partial charge is 0.128 e. The maximum absolute atomic E-state index is 10.5. The summed E-state index contributed by atoms with van der Waals surface area (Å²) in [7, 11) is 0. The summed E-state index contributed by atoms with van der Waals surface area (Å²) in [6, 6.07) is 5.74. The molecule has 0 spiro atoms. The van der Waals surface area contributed by atoms with Gasteiger partial charge in [0.15, 0.2) is 0 Å². The van der Waals surface area contributed by atoms with Gasteiger partial charge >= 0.3 is 0 Å². The van der Waals surface area contributed by atoms with E-state index in [1.165, 1.54) is 0 Å². The van der Waals surface area contributed by atoms with E-state index in [1.54, 1.807) is 12.3 Å². The standard InChI is InChI=1S/C14H13BrO3/c1-8-11(3-5-17-8)13(16)12-7-10(15)6-9-2-4-18-14(9)12/h3,5-7,13,16H,2,4H2,1H3. The SMILES string of the molecule is Cc1occc1C(O)c1cc(Br)cc2c1OCC2. The van der Waals surface area contributed by atoms with Crippen molar-refractivity contribution < 1.29 is 14.3 Å². The summed E-state index contributed by atoms with van der Waals surface area (Å²) in [6.45, 7) is 2.52. The predicted octanol–water partition coefficient (Wildman–Crippen LogP) is 3.37. The van der Waals surface area contributed by atoms with Crippen LogP contribution in [0.15, 0.2) is 33.4 Å².